The number of nitrogens with zero attached hydrogens (tertiary/aromatic N) is 1. The zero-order valence-corrected chi connectivity index (χ0v) is 12.1. The van der Waals surface area contributed by atoms with E-state index in [1.165, 1.54) is 0 Å². The minimum Gasteiger partial charge on any atom is -0.461 e. The molecule has 1 heterocycles. The number of rotatable bonds is 4. The number of carbonyl (C=O) groups excluding carboxylic acids is 2. The molecule has 106 valence electrons. The largest absolute Gasteiger partial charge is 0.461 e. The fourth-order valence-corrected chi connectivity index (χ4v) is 1.29. The Morgan fingerprint density at radius 2 is 1.37 bits per heavy atom. The van der Waals surface area contributed by atoms with Gasteiger partial charge in [-0.3, -0.25) is 0 Å². The third-order valence-electron chi connectivity index (χ3n) is 1.94. The molecule has 0 bridgehead atoms. The van der Waals surface area contributed by atoms with E-state index in [1.807, 2.05) is 13.8 Å². The van der Waals surface area contributed by atoms with Gasteiger partial charge in [0, 0.05) is 0 Å². The van der Waals surface area contributed by atoms with Gasteiger partial charge in [-0.05, 0) is 38.5 Å². The van der Waals surface area contributed by atoms with Crippen molar-refractivity contribution in [1.82, 2.24) is 4.98 Å². The van der Waals surface area contributed by atoms with Crippen LogP contribution in [0.5, 0.6) is 0 Å². The Bertz CT molecular complexity index is 393. The molecule has 0 aromatic carbocycles. The van der Waals surface area contributed by atoms with E-state index in [-0.39, 0.29) is 24.6 Å². The van der Waals surface area contributed by atoms with Crippen LogP contribution in [-0.2, 0) is 9.47 Å². The predicted molar refractivity (Wildman–Crippen MR) is 72.2 cm³/mol. The van der Waals surface area contributed by atoms with Crippen LogP contribution in [0, 0.1) is 6.92 Å². The lowest BCUT2D eigenvalue weighted by atomic mass is 10.2. The second-order valence-electron chi connectivity index (χ2n) is 3.36. The van der Waals surface area contributed by atoms with Gasteiger partial charge >= 0.3 is 11.9 Å². The van der Waals surface area contributed by atoms with Crippen LogP contribution in [0.2, 0.25) is 0 Å². The molecule has 1 aromatic rings. The highest BCUT2D eigenvalue weighted by Gasteiger charge is 2.15. The standard InChI is InChI=1S/C12H15NO4.C2H6/c1-4-16-11(14)9-6-8(3)7-10(13-9)12(15)17-5-2;1-2/h6-7H,4-5H2,1-3H3;1-2H3. The zero-order chi connectivity index (χ0) is 14.8. The Balaban J connectivity index is 0.00000154. The molecule has 0 N–H and O–H groups in total. The minimum atomic E-state index is -0.540. The summed E-state index contributed by atoms with van der Waals surface area (Å²) >= 11 is 0. The zero-order valence-electron chi connectivity index (χ0n) is 12.1. The average molecular weight is 267 g/mol. The van der Waals surface area contributed by atoms with Crippen LogP contribution >= 0.6 is 0 Å². The van der Waals surface area contributed by atoms with Gasteiger partial charge in [0.25, 0.3) is 0 Å². The van der Waals surface area contributed by atoms with Crippen molar-refractivity contribution in [3.05, 3.63) is 29.1 Å². The van der Waals surface area contributed by atoms with E-state index in [0.29, 0.717) is 0 Å². The van der Waals surface area contributed by atoms with Crippen molar-refractivity contribution >= 4 is 11.9 Å². The number of hydrogen-bond acceptors (Lipinski definition) is 5. The lowest BCUT2D eigenvalue weighted by Gasteiger charge is -2.05. The van der Waals surface area contributed by atoms with E-state index >= 15 is 0 Å². The Morgan fingerprint density at radius 1 is 1.00 bits per heavy atom. The van der Waals surface area contributed by atoms with Crippen LogP contribution in [0.4, 0.5) is 0 Å². The molecule has 1 rings (SSSR count). The lowest BCUT2D eigenvalue weighted by molar-refractivity contribution is 0.0511. The van der Waals surface area contributed by atoms with E-state index in [0.717, 1.165) is 5.56 Å². The smallest absolute Gasteiger partial charge is 0.356 e. The Kier molecular flexibility index (Phi) is 8.17. The van der Waals surface area contributed by atoms with E-state index in [1.54, 1.807) is 32.9 Å². The molecule has 0 amide bonds. The monoisotopic (exact) mass is 267 g/mol. The topological polar surface area (TPSA) is 65.5 Å². The van der Waals surface area contributed by atoms with Gasteiger partial charge in [0.1, 0.15) is 11.4 Å². The summed E-state index contributed by atoms with van der Waals surface area (Å²) in [5.41, 5.74) is 0.996. The molecule has 0 aliphatic heterocycles. The van der Waals surface area contributed by atoms with Crippen LogP contribution in [0.15, 0.2) is 12.1 Å². The van der Waals surface area contributed by atoms with E-state index < -0.39 is 11.9 Å². The number of pyridine rings is 1. The van der Waals surface area contributed by atoms with Crippen LogP contribution < -0.4 is 0 Å². The van der Waals surface area contributed by atoms with Crippen molar-refractivity contribution in [3.63, 3.8) is 0 Å². The van der Waals surface area contributed by atoms with Crippen LogP contribution in [0.3, 0.4) is 0 Å². The van der Waals surface area contributed by atoms with Crippen LogP contribution in [-0.4, -0.2) is 30.1 Å². The summed E-state index contributed by atoms with van der Waals surface area (Å²) in [5.74, 6) is -1.08. The minimum absolute atomic E-state index is 0.120. The summed E-state index contributed by atoms with van der Waals surface area (Å²) in [6.07, 6.45) is 0. The van der Waals surface area contributed by atoms with Gasteiger partial charge in [0.05, 0.1) is 13.2 Å². The molecule has 0 radical (unpaired) electrons. The molecule has 0 saturated carbocycles. The first-order chi connectivity index (χ1) is 9.08. The summed E-state index contributed by atoms with van der Waals surface area (Å²) < 4.78 is 9.65. The second kappa shape index (κ2) is 9.08. The fourth-order valence-electron chi connectivity index (χ4n) is 1.29. The normalized spacial score (nSPS) is 9.11. The molecule has 0 aliphatic carbocycles. The number of esters is 2. The quantitative estimate of drug-likeness (QED) is 0.785. The Labute approximate surface area is 113 Å². The molecule has 0 aliphatic rings. The van der Waals surface area contributed by atoms with E-state index in [9.17, 15) is 9.59 Å². The summed E-state index contributed by atoms with van der Waals surface area (Å²) in [5, 5.41) is 0. The highest BCUT2D eigenvalue weighted by atomic mass is 16.5. The molecule has 5 nitrogen and oxygen atoms in total. The molecular weight excluding hydrogens is 246 g/mol. The van der Waals surface area contributed by atoms with Gasteiger partial charge in [0.15, 0.2) is 0 Å². The first-order valence-corrected chi connectivity index (χ1v) is 6.41. The highest BCUT2D eigenvalue weighted by molar-refractivity contribution is 5.91. The van der Waals surface area contributed by atoms with Gasteiger partial charge in [-0.25, -0.2) is 14.6 Å². The molecule has 0 unspecified atom stereocenters. The molecule has 5 heteroatoms. The molecule has 0 fully saturated rings. The lowest BCUT2D eigenvalue weighted by Crippen LogP contribution is -2.13. The van der Waals surface area contributed by atoms with Crippen molar-refractivity contribution < 1.29 is 19.1 Å². The molecule has 19 heavy (non-hydrogen) atoms. The summed E-state index contributed by atoms with van der Waals surface area (Å²) in [4.78, 5) is 26.9. The van der Waals surface area contributed by atoms with Gasteiger partial charge in [-0.2, -0.15) is 0 Å². The number of aryl methyl sites for hydroxylation is 1. The number of hydrogen-bond donors (Lipinski definition) is 0. The Hall–Kier alpha value is -1.91. The molecule has 0 spiro atoms. The summed E-state index contributed by atoms with van der Waals surface area (Å²) in [7, 11) is 0. The Morgan fingerprint density at radius 3 is 1.68 bits per heavy atom. The van der Waals surface area contributed by atoms with Crippen molar-refractivity contribution in [2.24, 2.45) is 0 Å². The van der Waals surface area contributed by atoms with Crippen molar-refractivity contribution in [3.8, 4) is 0 Å². The maximum atomic E-state index is 11.5. The molecular formula is C14H21NO4. The fraction of sp³-hybridized carbons (Fsp3) is 0.500. The predicted octanol–water partition coefficient (Wildman–Crippen LogP) is 2.77. The second-order valence-corrected chi connectivity index (χ2v) is 3.36. The molecule has 0 atom stereocenters. The average Bonchev–Trinajstić information content (AvgIpc) is 2.41. The molecule has 0 saturated heterocycles. The summed E-state index contributed by atoms with van der Waals surface area (Å²) in [6, 6.07) is 3.14. The van der Waals surface area contributed by atoms with Gasteiger partial charge < -0.3 is 9.47 Å². The van der Waals surface area contributed by atoms with Gasteiger partial charge in [0.2, 0.25) is 0 Å². The van der Waals surface area contributed by atoms with Crippen molar-refractivity contribution in [2.75, 3.05) is 13.2 Å². The maximum absolute atomic E-state index is 11.5. The third kappa shape index (κ3) is 5.50. The maximum Gasteiger partial charge on any atom is 0.356 e. The van der Waals surface area contributed by atoms with Crippen LogP contribution in [0.25, 0.3) is 0 Å². The first-order valence-electron chi connectivity index (χ1n) is 6.41. The SMILES string of the molecule is CC.CCOC(=O)c1cc(C)cc(C(=O)OCC)n1. The number of aromatic nitrogens is 1. The van der Waals surface area contributed by atoms with E-state index in [2.05, 4.69) is 4.98 Å². The number of carbonyl (C=O) groups is 2. The van der Waals surface area contributed by atoms with Crippen LogP contribution in [0.1, 0.15) is 54.2 Å². The van der Waals surface area contributed by atoms with Crippen molar-refractivity contribution in [2.45, 2.75) is 34.6 Å². The first kappa shape index (κ1) is 17.1. The summed E-state index contributed by atoms with van der Waals surface area (Å²) in [6.45, 7) is 9.72. The van der Waals surface area contributed by atoms with Gasteiger partial charge in [-0.1, -0.05) is 13.8 Å². The third-order valence-corrected chi connectivity index (χ3v) is 1.94. The van der Waals surface area contributed by atoms with Crippen molar-refractivity contribution in [1.29, 1.82) is 0 Å². The highest BCUT2D eigenvalue weighted by Crippen LogP contribution is 2.08. The van der Waals surface area contributed by atoms with Gasteiger partial charge in [-0.15, -0.1) is 0 Å². The van der Waals surface area contributed by atoms with E-state index in [4.69, 9.17) is 9.47 Å². The number of ether oxygens (including phenoxy) is 2. The molecule has 1 aromatic heterocycles.